The average molecular weight is 426 g/mol. The molecule has 22 heavy (non-hydrogen) atoms. The highest BCUT2D eigenvalue weighted by atomic mass is 79.9. The monoisotopic (exact) mass is 424 g/mol. The summed E-state index contributed by atoms with van der Waals surface area (Å²) in [7, 11) is 0. The van der Waals surface area contributed by atoms with E-state index in [0.29, 0.717) is 16.8 Å². The van der Waals surface area contributed by atoms with Crippen LogP contribution in [0.4, 0.5) is 4.39 Å². The van der Waals surface area contributed by atoms with Gasteiger partial charge in [-0.3, -0.25) is 0 Å². The molecule has 1 unspecified atom stereocenters. The van der Waals surface area contributed by atoms with Crippen LogP contribution in [-0.2, 0) is 4.79 Å². The molecule has 0 saturated heterocycles. The lowest BCUT2D eigenvalue weighted by molar-refractivity contribution is -0.108. The van der Waals surface area contributed by atoms with Gasteiger partial charge in [-0.15, -0.1) is 0 Å². The number of alkyl halides is 1. The summed E-state index contributed by atoms with van der Waals surface area (Å²) in [5.41, 5.74) is 2.34. The standard InChI is InChI=1S/C17H11Br2FO2/c18-8-16-17(10-1-4-12(20)5-2-10)14(9-21)13-7-11(19)3-6-15(13)22-16/h1-7,9,14H,8H2. The number of hydrogen-bond acceptors (Lipinski definition) is 2. The molecule has 2 aromatic carbocycles. The first-order valence-corrected chi connectivity index (χ1v) is 8.53. The number of rotatable bonds is 3. The van der Waals surface area contributed by atoms with Gasteiger partial charge in [-0.2, -0.15) is 0 Å². The molecule has 5 heteroatoms. The van der Waals surface area contributed by atoms with Crippen LogP contribution < -0.4 is 4.74 Å². The Morgan fingerprint density at radius 1 is 1.18 bits per heavy atom. The predicted octanol–water partition coefficient (Wildman–Crippen LogP) is 5.07. The second-order valence-corrected chi connectivity index (χ2v) is 6.35. The Bertz CT molecular complexity index is 754. The fourth-order valence-electron chi connectivity index (χ4n) is 2.58. The van der Waals surface area contributed by atoms with E-state index < -0.39 is 5.92 Å². The highest BCUT2D eigenvalue weighted by Gasteiger charge is 2.30. The number of hydrogen-bond donors (Lipinski definition) is 0. The van der Waals surface area contributed by atoms with E-state index in [0.717, 1.165) is 27.5 Å². The van der Waals surface area contributed by atoms with Gasteiger partial charge in [-0.25, -0.2) is 4.39 Å². The van der Waals surface area contributed by atoms with Crippen LogP contribution in [0.3, 0.4) is 0 Å². The predicted molar refractivity (Wildman–Crippen MR) is 90.7 cm³/mol. The van der Waals surface area contributed by atoms with Gasteiger partial charge in [0.1, 0.15) is 23.6 Å². The Hall–Kier alpha value is -1.46. The van der Waals surface area contributed by atoms with E-state index >= 15 is 0 Å². The Labute approximate surface area is 144 Å². The number of benzene rings is 2. The molecule has 0 aromatic heterocycles. The van der Waals surface area contributed by atoms with Crippen molar-refractivity contribution in [2.24, 2.45) is 0 Å². The minimum atomic E-state index is -0.445. The molecule has 3 rings (SSSR count). The zero-order valence-electron chi connectivity index (χ0n) is 11.4. The fourth-order valence-corrected chi connectivity index (χ4v) is 3.38. The molecule has 2 nitrogen and oxygen atoms in total. The number of aldehydes is 1. The van der Waals surface area contributed by atoms with Gasteiger partial charge in [0.15, 0.2) is 0 Å². The largest absolute Gasteiger partial charge is 0.460 e. The van der Waals surface area contributed by atoms with Crippen molar-refractivity contribution >= 4 is 43.7 Å². The van der Waals surface area contributed by atoms with Crippen LogP contribution in [0.15, 0.2) is 52.7 Å². The Kier molecular flexibility index (Phi) is 4.45. The summed E-state index contributed by atoms with van der Waals surface area (Å²) in [5, 5.41) is 0.472. The average Bonchev–Trinajstić information content (AvgIpc) is 2.54. The summed E-state index contributed by atoms with van der Waals surface area (Å²) >= 11 is 6.82. The second kappa shape index (κ2) is 6.34. The quantitative estimate of drug-likeness (QED) is 0.506. The molecule has 1 aliphatic heterocycles. The maximum absolute atomic E-state index is 13.2. The third kappa shape index (κ3) is 2.75. The van der Waals surface area contributed by atoms with E-state index in [1.807, 2.05) is 18.2 Å². The molecule has 0 saturated carbocycles. The van der Waals surface area contributed by atoms with Crippen molar-refractivity contribution in [2.75, 3.05) is 5.33 Å². The molecule has 2 aromatic rings. The molecular formula is C17H11Br2FO2. The first-order valence-electron chi connectivity index (χ1n) is 6.61. The topological polar surface area (TPSA) is 26.3 Å². The summed E-state index contributed by atoms with van der Waals surface area (Å²) in [6.45, 7) is 0. The molecule has 1 aliphatic rings. The van der Waals surface area contributed by atoms with E-state index in [9.17, 15) is 9.18 Å². The van der Waals surface area contributed by atoms with Gasteiger partial charge in [-0.05, 0) is 35.9 Å². The molecule has 0 radical (unpaired) electrons. The maximum Gasteiger partial charge on any atom is 0.132 e. The van der Waals surface area contributed by atoms with E-state index in [1.54, 1.807) is 12.1 Å². The van der Waals surface area contributed by atoms with Gasteiger partial charge in [0.05, 0.1) is 11.2 Å². The fraction of sp³-hybridized carbons (Fsp3) is 0.118. The van der Waals surface area contributed by atoms with Crippen molar-refractivity contribution in [2.45, 2.75) is 5.92 Å². The van der Waals surface area contributed by atoms with E-state index in [1.165, 1.54) is 12.1 Å². The molecule has 0 N–H and O–H groups in total. The number of halogens is 3. The van der Waals surface area contributed by atoms with Crippen molar-refractivity contribution in [1.29, 1.82) is 0 Å². The number of ether oxygens (including phenoxy) is 1. The van der Waals surface area contributed by atoms with Crippen LogP contribution in [-0.4, -0.2) is 11.6 Å². The van der Waals surface area contributed by atoms with E-state index in [4.69, 9.17) is 4.74 Å². The van der Waals surface area contributed by atoms with Crippen molar-refractivity contribution in [3.05, 3.63) is 69.6 Å². The molecule has 0 bridgehead atoms. The van der Waals surface area contributed by atoms with Gasteiger partial charge < -0.3 is 9.53 Å². The molecule has 0 aliphatic carbocycles. The van der Waals surface area contributed by atoms with Crippen LogP contribution in [0.5, 0.6) is 5.75 Å². The number of carbonyl (C=O) groups excluding carboxylic acids is 1. The SMILES string of the molecule is O=CC1C(c2ccc(F)cc2)=C(CBr)Oc2ccc(Br)cc21. The van der Waals surface area contributed by atoms with Crippen molar-refractivity contribution < 1.29 is 13.9 Å². The Balaban J connectivity index is 2.18. The lowest BCUT2D eigenvalue weighted by Gasteiger charge is -2.27. The summed E-state index contributed by atoms with van der Waals surface area (Å²) in [6.07, 6.45) is 0.898. The lowest BCUT2D eigenvalue weighted by Crippen LogP contribution is -2.17. The summed E-state index contributed by atoms with van der Waals surface area (Å²) in [6, 6.07) is 11.7. The van der Waals surface area contributed by atoms with Crippen LogP contribution in [0.25, 0.3) is 5.57 Å². The van der Waals surface area contributed by atoms with Crippen molar-refractivity contribution in [3.8, 4) is 5.75 Å². The minimum absolute atomic E-state index is 0.313. The van der Waals surface area contributed by atoms with E-state index in [2.05, 4.69) is 31.9 Å². The van der Waals surface area contributed by atoms with Crippen LogP contribution in [0.1, 0.15) is 17.0 Å². The Morgan fingerprint density at radius 3 is 2.55 bits per heavy atom. The molecular weight excluding hydrogens is 415 g/mol. The lowest BCUT2D eigenvalue weighted by atomic mass is 9.85. The third-order valence-electron chi connectivity index (χ3n) is 3.56. The molecule has 0 spiro atoms. The number of carbonyl (C=O) groups is 1. The van der Waals surface area contributed by atoms with Crippen LogP contribution in [0.2, 0.25) is 0 Å². The number of allylic oxidation sites excluding steroid dienone is 2. The van der Waals surface area contributed by atoms with Gasteiger partial charge >= 0.3 is 0 Å². The maximum atomic E-state index is 13.2. The zero-order chi connectivity index (χ0) is 15.7. The molecule has 0 fully saturated rings. The second-order valence-electron chi connectivity index (χ2n) is 4.88. The first-order chi connectivity index (χ1) is 10.6. The van der Waals surface area contributed by atoms with Gasteiger partial charge in [0, 0.05) is 15.6 Å². The highest BCUT2D eigenvalue weighted by Crippen LogP contribution is 2.44. The minimum Gasteiger partial charge on any atom is -0.460 e. The molecule has 0 amide bonds. The molecule has 112 valence electrons. The molecule has 1 heterocycles. The summed E-state index contributed by atoms with van der Waals surface area (Å²) < 4.78 is 20.0. The zero-order valence-corrected chi connectivity index (χ0v) is 14.5. The smallest absolute Gasteiger partial charge is 0.132 e. The van der Waals surface area contributed by atoms with Crippen molar-refractivity contribution in [1.82, 2.24) is 0 Å². The van der Waals surface area contributed by atoms with Gasteiger partial charge in [-0.1, -0.05) is 44.0 Å². The van der Waals surface area contributed by atoms with Crippen LogP contribution in [0, 0.1) is 5.82 Å². The Morgan fingerprint density at radius 2 is 1.91 bits per heavy atom. The van der Waals surface area contributed by atoms with E-state index in [-0.39, 0.29) is 5.82 Å². The first kappa shape index (κ1) is 15.4. The third-order valence-corrected chi connectivity index (χ3v) is 4.57. The normalized spacial score (nSPS) is 17.0. The highest BCUT2D eigenvalue weighted by molar-refractivity contribution is 9.10. The summed E-state index contributed by atoms with van der Waals surface area (Å²) in [5.74, 6) is 0.575. The van der Waals surface area contributed by atoms with Crippen molar-refractivity contribution in [3.63, 3.8) is 0 Å². The van der Waals surface area contributed by atoms with Gasteiger partial charge in [0.2, 0.25) is 0 Å². The van der Waals surface area contributed by atoms with Gasteiger partial charge in [0.25, 0.3) is 0 Å². The van der Waals surface area contributed by atoms with Crippen LogP contribution >= 0.6 is 31.9 Å². The molecule has 1 atom stereocenters. The number of fused-ring (bicyclic) bond motifs is 1. The summed E-state index contributed by atoms with van der Waals surface area (Å²) in [4.78, 5) is 11.8.